The summed E-state index contributed by atoms with van der Waals surface area (Å²) in [5, 5.41) is 10.3. The summed E-state index contributed by atoms with van der Waals surface area (Å²) in [7, 11) is 0. The lowest BCUT2D eigenvalue weighted by atomic mass is 10.2. The van der Waals surface area contributed by atoms with Gasteiger partial charge in [-0.25, -0.2) is 4.79 Å². The van der Waals surface area contributed by atoms with Crippen molar-refractivity contribution in [1.29, 1.82) is 0 Å². The fourth-order valence-electron chi connectivity index (χ4n) is 0.664. The monoisotopic (exact) mass is 225 g/mol. The second-order valence-electron chi connectivity index (χ2n) is 3.57. The highest BCUT2D eigenvalue weighted by molar-refractivity contribution is 5.85. The van der Waals surface area contributed by atoms with Gasteiger partial charge in [-0.2, -0.15) is 0 Å². The van der Waals surface area contributed by atoms with Gasteiger partial charge in [0.15, 0.2) is 0 Å². The van der Waals surface area contributed by atoms with E-state index in [2.05, 4.69) is 5.32 Å². The number of nitrogens with one attached hydrogen (secondary N) is 1. The number of carboxylic acid groups (broad SMARTS) is 1. The van der Waals surface area contributed by atoms with Gasteiger partial charge in [0.05, 0.1) is 6.42 Å². The van der Waals surface area contributed by atoms with Crippen LogP contribution < -0.4 is 5.32 Å². The minimum absolute atomic E-state index is 0. The van der Waals surface area contributed by atoms with Gasteiger partial charge in [0.1, 0.15) is 5.60 Å². The summed E-state index contributed by atoms with van der Waals surface area (Å²) in [6.45, 7) is 5.37. The molecule has 14 heavy (non-hydrogen) atoms. The van der Waals surface area contributed by atoms with Crippen molar-refractivity contribution in [2.45, 2.75) is 32.8 Å². The molecule has 0 aliphatic heterocycles. The van der Waals surface area contributed by atoms with Crippen molar-refractivity contribution in [3.63, 3.8) is 0 Å². The average Bonchev–Trinajstić information content (AvgIpc) is 1.81. The standard InChI is InChI=1S/C8H15NO4.ClH/c1-8(2,3)13-6(10)4-5-9-7(11)12;/h9H,4-5H2,1-3H3,(H,11,12);1H. The first-order chi connectivity index (χ1) is 5.81. The maximum atomic E-state index is 11.0. The Hall–Kier alpha value is -0.970. The predicted octanol–water partition coefficient (Wildman–Crippen LogP) is 1.41. The molecule has 0 aliphatic carbocycles. The smallest absolute Gasteiger partial charge is 0.404 e. The van der Waals surface area contributed by atoms with E-state index in [4.69, 9.17) is 9.84 Å². The highest BCUT2D eigenvalue weighted by Crippen LogP contribution is 2.07. The number of amides is 1. The van der Waals surface area contributed by atoms with Gasteiger partial charge in [-0.3, -0.25) is 4.79 Å². The normalized spacial score (nSPS) is 9.93. The highest BCUT2D eigenvalue weighted by Gasteiger charge is 2.15. The molecule has 0 aliphatic rings. The summed E-state index contributed by atoms with van der Waals surface area (Å²) in [5.41, 5.74) is -0.514. The summed E-state index contributed by atoms with van der Waals surface area (Å²) < 4.78 is 4.95. The quantitative estimate of drug-likeness (QED) is 0.712. The van der Waals surface area contributed by atoms with Gasteiger partial charge >= 0.3 is 12.1 Å². The minimum Gasteiger partial charge on any atom is -0.465 e. The van der Waals surface area contributed by atoms with Gasteiger partial charge in [0.2, 0.25) is 0 Å². The molecule has 0 unspecified atom stereocenters. The fourth-order valence-corrected chi connectivity index (χ4v) is 0.664. The van der Waals surface area contributed by atoms with Crippen LogP contribution >= 0.6 is 12.4 Å². The van der Waals surface area contributed by atoms with E-state index in [9.17, 15) is 9.59 Å². The van der Waals surface area contributed by atoms with E-state index < -0.39 is 17.7 Å². The summed E-state index contributed by atoms with van der Waals surface area (Å²) in [4.78, 5) is 21.0. The third-order valence-corrected chi connectivity index (χ3v) is 1.03. The molecule has 0 spiro atoms. The van der Waals surface area contributed by atoms with Crippen molar-refractivity contribution in [2.75, 3.05) is 6.54 Å². The molecular weight excluding hydrogens is 210 g/mol. The second kappa shape index (κ2) is 6.48. The van der Waals surface area contributed by atoms with Gasteiger partial charge in [0.25, 0.3) is 0 Å². The van der Waals surface area contributed by atoms with E-state index in [0.29, 0.717) is 0 Å². The van der Waals surface area contributed by atoms with Crippen LogP contribution in [0.2, 0.25) is 0 Å². The summed E-state index contributed by atoms with van der Waals surface area (Å²) >= 11 is 0. The average molecular weight is 226 g/mol. The molecule has 84 valence electrons. The molecule has 0 bridgehead atoms. The largest absolute Gasteiger partial charge is 0.465 e. The maximum absolute atomic E-state index is 11.0. The van der Waals surface area contributed by atoms with Crippen molar-refractivity contribution in [1.82, 2.24) is 5.32 Å². The Morgan fingerprint density at radius 3 is 2.21 bits per heavy atom. The van der Waals surface area contributed by atoms with Crippen LogP contribution in [0.25, 0.3) is 0 Å². The summed E-state index contributed by atoms with van der Waals surface area (Å²) in [6, 6.07) is 0. The van der Waals surface area contributed by atoms with E-state index >= 15 is 0 Å². The molecule has 0 radical (unpaired) electrons. The Balaban J connectivity index is 0. The molecule has 0 saturated heterocycles. The van der Waals surface area contributed by atoms with Crippen molar-refractivity contribution < 1.29 is 19.4 Å². The molecule has 0 saturated carbocycles. The Labute approximate surface area is 89.2 Å². The van der Waals surface area contributed by atoms with Gasteiger partial charge in [-0.15, -0.1) is 12.4 Å². The van der Waals surface area contributed by atoms with Crippen LogP contribution in [0.1, 0.15) is 27.2 Å². The first kappa shape index (κ1) is 15.5. The molecule has 0 rings (SSSR count). The Bertz CT molecular complexity index is 200. The predicted molar refractivity (Wildman–Crippen MR) is 53.7 cm³/mol. The van der Waals surface area contributed by atoms with Gasteiger partial charge in [-0.1, -0.05) is 0 Å². The van der Waals surface area contributed by atoms with Crippen LogP contribution in [-0.4, -0.2) is 29.3 Å². The van der Waals surface area contributed by atoms with Gasteiger partial charge in [-0.05, 0) is 20.8 Å². The lowest BCUT2D eigenvalue weighted by Gasteiger charge is -2.19. The zero-order chi connectivity index (χ0) is 10.5. The van der Waals surface area contributed by atoms with E-state index in [0.717, 1.165) is 0 Å². The van der Waals surface area contributed by atoms with E-state index in [1.807, 2.05) is 0 Å². The van der Waals surface area contributed by atoms with Crippen LogP contribution in [0.4, 0.5) is 4.79 Å². The molecular formula is C8H16ClNO4. The van der Waals surface area contributed by atoms with Crippen LogP contribution in [0.3, 0.4) is 0 Å². The SMILES string of the molecule is CC(C)(C)OC(=O)CCNC(=O)O.Cl. The summed E-state index contributed by atoms with van der Waals surface area (Å²) in [6.07, 6.45) is -1.08. The molecule has 0 aromatic heterocycles. The van der Waals surface area contributed by atoms with Crippen LogP contribution in [0.5, 0.6) is 0 Å². The number of carbonyl (C=O) groups is 2. The number of hydrogen-bond donors (Lipinski definition) is 2. The zero-order valence-corrected chi connectivity index (χ0v) is 9.31. The van der Waals surface area contributed by atoms with Crippen LogP contribution in [0.15, 0.2) is 0 Å². The lowest BCUT2D eigenvalue weighted by molar-refractivity contribution is -0.154. The number of rotatable bonds is 3. The number of hydrogen-bond acceptors (Lipinski definition) is 3. The van der Waals surface area contributed by atoms with Crippen LogP contribution in [-0.2, 0) is 9.53 Å². The van der Waals surface area contributed by atoms with Crippen LogP contribution in [0, 0.1) is 0 Å². The number of carbonyl (C=O) groups excluding carboxylic acids is 1. The molecule has 5 nitrogen and oxygen atoms in total. The van der Waals surface area contributed by atoms with E-state index in [-0.39, 0.29) is 25.4 Å². The summed E-state index contributed by atoms with van der Waals surface area (Å²) in [5.74, 6) is -0.402. The van der Waals surface area contributed by atoms with Crippen molar-refractivity contribution in [3.8, 4) is 0 Å². The zero-order valence-electron chi connectivity index (χ0n) is 8.49. The van der Waals surface area contributed by atoms with Crippen molar-refractivity contribution >= 4 is 24.5 Å². The minimum atomic E-state index is -1.14. The number of ether oxygens (including phenoxy) is 1. The highest BCUT2D eigenvalue weighted by atomic mass is 35.5. The number of esters is 1. The van der Waals surface area contributed by atoms with Crippen molar-refractivity contribution in [3.05, 3.63) is 0 Å². The maximum Gasteiger partial charge on any atom is 0.404 e. The third kappa shape index (κ3) is 11.0. The topological polar surface area (TPSA) is 75.6 Å². The first-order valence-electron chi connectivity index (χ1n) is 4.00. The van der Waals surface area contributed by atoms with Gasteiger partial charge in [0, 0.05) is 6.54 Å². The fraction of sp³-hybridized carbons (Fsp3) is 0.750. The molecule has 2 N–H and O–H groups in total. The van der Waals surface area contributed by atoms with Crippen molar-refractivity contribution in [2.24, 2.45) is 0 Å². The second-order valence-corrected chi connectivity index (χ2v) is 3.57. The first-order valence-corrected chi connectivity index (χ1v) is 4.00. The van der Waals surface area contributed by atoms with E-state index in [1.54, 1.807) is 20.8 Å². The van der Waals surface area contributed by atoms with E-state index in [1.165, 1.54) is 0 Å². The third-order valence-electron chi connectivity index (χ3n) is 1.03. The Kier molecular flexibility index (Phi) is 7.17. The number of halogens is 1. The Morgan fingerprint density at radius 1 is 1.36 bits per heavy atom. The molecule has 6 heteroatoms. The molecule has 0 aromatic rings. The molecule has 1 amide bonds. The molecule has 0 atom stereocenters. The molecule has 0 aromatic carbocycles. The van der Waals surface area contributed by atoms with Gasteiger partial charge < -0.3 is 15.2 Å². The Morgan fingerprint density at radius 2 is 1.86 bits per heavy atom. The lowest BCUT2D eigenvalue weighted by Crippen LogP contribution is -2.28. The molecule has 0 heterocycles. The molecule has 0 fully saturated rings.